The van der Waals surface area contributed by atoms with Crippen molar-refractivity contribution in [3.8, 4) is 0 Å². The Balaban J connectivity index is 2.21. The zero-order valence-electron chi connectivity index (χ0n) is 15.0. The number of anilines is 1. The van der Waals surface area contributed by atoms with Gasteiger partial charge in [0.2, 0.25) is 0 Å². The maximum absolute atomic E-state index is 12.5. The van der Waals surface area contributed by atoms with Gasteiger partial charge in [0.05, 0.1) is 5.71 Å². The van der Waals surface area contributed by atoms with Crippen LogP contribution >= 0.6 is 11.3 Å². The molecule has 0 bridgehead atoms. The van der Waals surface area contributed by atoms with E-state index >= 15 is 0 Å². The van der Waals surface area contributed by atoms with Gasteiger partial charge in [0.25, 0.3) is 11.8 Å². The highest BCUT2D eigenvalue weighted by atomic mass is 32.2. The van der Waals surface area contributed by atoms with E-state index in [0.29, 0.717) is 5.71 Å². The summed E-state index contributed by atoms with van der Waals surface area (Å²) in [6.07, 6.45) is 0. The normalized spacial score (nSPS) is 19.6. The summed E-state index contributed by atoms with van der Waals surface area (Å²) in [6.45, 7) is 2.89. The molecule has 0 radical (unpaired) electrons. The fourth-order valence-electron chi connectivity index (χ4n) is 2.27. The Hall–Kier alpha value is -2.78. The van der Waals surface area contributed by atoms with Crippen LogP contribution in [-0.4, -0.2) is 71.3 Å². The molecule has 1 aromatic heterocycles. The van der Waals surface area contributed by atoms with Gasteiger partial charge in [0.15, 0.2) is 10.8 Å². The molecule has 2 rings (SSSR count). The van der Waals surface area contributed by atoms with Crippen LogP contribution in [0.1, 0.15) is 19.5 Å². The van der Waals surface area contributed by atoms with Gasteiger partial charge in [-0.05, 0) is 13.8 Å². The number of hydrogen-bond donors (Lipinski definition) is 3. The molecule has 15 heteroatoms. The summed E-state index contributed by atoms with van der Waals surface area (Å²) < 4.78 is 32.2. The van der Waals surface area contributed by atoms with Crippen LogP contribution in [0.2, 0.25) is 0 Å². The predicted molar refractivity (Wildman–Crippen MR) is 98.9 cm³/mol. The molecular formula is C13H18N6O7S2. The number of thiazole rings is 1. The van der Waals surface area contributed by atoms with E-state index in [4.69, 9.17) is 10.6 Å². The van der Waals surface area contributed by atoms with Crippen molar-refractivity contribution in [2.24, 2.45) is 10.3 Å². The molecule has 2 heterocycles. The Labute approximate surface area is 164 Å². The van der Waals surface area contributed by atoms with Gasteiger partial charge in [-0.2, -0.15) is 8.42 Å². The molecule has 0 spiro atoms. The number of nitrogen functional groups attached to an aromatic ring is 1. The molecule has 4 N–H and O–H groups in total. The van der Waals surface area contributed by atoms with E-state index in [1.54, 1.807) is 13.8 Å². The summed E-state index contributed by atoms with van der Waals surface area (Å²) in [4.78, 5) is 38.2. The van der Waals surface area contributed by atoms with Crippen LogP contribution in [0.4, 0.5) is 5.13 Å². The number of nitrogens with zero attached hydrogens (tertiary/aromatic N) is 4. The van der Waals surface area contributed by atoms with Crippen LogP contribution in [0, 0.1) is 0 Å². The molecule has 1 aromatic rings. The van der Waals surface area contributed by atoms with Gasteiger partial charge < -0.3 is 20.7 Å². The maximum atomic E-state index is 12.5. The third kappa shape index (κ3) is 4.73. The largest absolute Gasteiger partial charge is 0.398 e. The Kier molecular flexibility index (Phi) is 6.52. The van der Waals surface area contributed by atoms with E-state index in [9.17, 15) is 22.6 Å². The highest BCUT2D eigenvalue weighted by Crippen LogP contribution is 2.24. The minimum absolute atomic E-state index is 0.110. The topological polar surface area (TPSA) is 186 Å². The Bertz CT molecular complexity index is 922. The molecule has 154 valence electrons. The Morgan fingerprint density at radius 3 is 2.64 bits per heavy atom. The first-order valence-electron chi connectivity index (χ1n) is 7.63. The van der Waals surface area contributed by atoms with Gasteiger partial charge in [-0.15, -0.1) is 11.3 Å². The molecule has 28 heavy (non-hydrogen) atoms. The molecule has 0 unspecified atom stereocenters. The molecular weight excluding hydrogens is 416 g/mol. The number of nitrogens with one attached hydrogen (secondary N) is 1. The summed E-state index contributed by atoms with van der Waals surface area (Å²) in [5, 5.41) is 11.2. The number of oxime groups is 2. The van der Waals surface area contributed by atoms with E-state index in [2.05, 4.69) is 25.4 Å². The van der Waals surface area contributed by atoms with Gasteiger partial charge in [-0.1, -0.05) is 10.3 Å². The molecule has 1 fully saturated rings. The molecule has 1 saturated heterocycles. The number of amides is 2. The number of rotatable bonds is 8. The summed E-state index contributed by atoms with van der Waals surface area (Å²) >= 11 is 1.06. The third-order valence-electron chi connectivity index (χ3n) is 3.36. The minimum atomic E-state index is -4.84. The van der Waals surface area contributed by atoms with E-state index < -0.39 is 34.2 Å². The van der Waals surface area contributed by atoms with Crippen molar-refractivity contribution in [3.63, 3.8) is 0 Å². The summed E-state index contributed by atoms with van der Waals surface area (Å²) in [7, 11) is -3.63. The van der Waals surface area contributed by atoms with Crippen LogP contribution in [0.5, 0.6) is 0 Å². The van der Waals surface area contributed by atoms with Crippen molar-refractivity contribution in [1.29, 1.82) is 0 Å². The van der Waals surface area contributed by atoms with Crippen LogP contribution in [0.15, 0.2) is 15.7 Å². The zero-order valence-corrected chi connectivity index (χ0v) is 16.7. The van der Waals surface area contributed by atoms with Gasteiger partial charge in [-0.25, -0.2) is 9.29 Å². The van der Waals surface area contributed by atoms with E-state index in [0.717, 1.165) is 11.3 Å². The van der Waals surface area contributed by atoms with Gasteiger partial charge in [-0.3, -0.25) is 14.1 Å². The van der Waals surface area contributed by atoms with E-state index in [1.165, 1.54) is 12.5 Å². The van der Waals surface area contributed by atoms with E-state index in [-0.39, 0.29) is 27.4 Å². The second-order valence-electron chi connectivity index (χ2n) is 5.66. The number of β-lactam (4-membered cyclic amide) rings is 1. The van der Waals surface area contributed by atoms with Crippen LogP contribution in [-0.2, 0) is 29.6 Å². The predicted octanol–water partition coefficient (Wildman–Crippen LogP) is -1.01. The quantitative estimate of drug-likeness (QED) is 0.199. The molecule has 2 atom stereocenters. The van der Waals surface area contributed by atoms with Crippen LogP contribution in [0.25, 0.3) is 0 Å². The molecule has 0 aliphatic carbocycles. The molecule has 0 saturated carbocycles. The molecule has 13 nitrogen and oxygen atoms in total. The van der Waals surface area contributed by atoms with Crippen molar-refractivity contribution in [2.75, 3.05) is 19.5 Å². The second-order valence-corrected chi connectivity index (χ2v) is 7.84. The standard InChI is InChI=1S/C13H18N6O7S2/c1-6(2)17-26-4-8-10(12(21)19(8)28(22,23)24)16-11(20)9(18-25-3)7-5-27-13(14)15-7/h5,8,10H,4H2,1-3H3,(H2,14,15)(H,16,20)(H,22,23,24)/b18-9-/t8-,10+/m0/s1. The van der Waals surface area contributed by atoms with Crippen LogP contribution in [0.3, 0.4) is 0 Å². The van der Waals surface area contributed by atoms with Gasteiger partial charge in [0.1, 0.15) is 31.5 Å². The average molecular weight is 434 g/mol. The smallest absolute Gasteiger partial charge is 0.362 e. The lowest BCUT2D eigenvalue weighted by molar-refractivity contribution is -0.147. The Morgan fingerprint density at radius 2 is 2.14 bits per heavy atom. The van der Waals surface area contributed by atoms with Crippen molar-refractivity contribution in [3.05, 3.63) is 11.1 Å². The van der Waals surface area contributed by atoms with Gasteiger partial charge >= 0.3 is 10.3 Å². The fraction of sp³-hybridized carbons (Fsp3) is 0.462. The third-order valence-corrected chi connectivity index (χ3v) is 4.98. The summed E-state index contributed by atoms with van der Waals surface area (Å²) in [5.41, 5.74) is 5.92. The van der Waals surface area contributed by atoms with Crippen molar-refractivity contribution in [1.82, 2.24) is 14.6 Å². The molecule has 2 amide bonds. The average Bonchev–Trinajstić information content (AvgIpc) is 3.01. The zero-order chi connectivity index (χ0) is 21.1. The first kappa shape index (κ1) is 21.5. The first-order valence-corrected chi connectivity index (χ1v) is 9.91. The first-order chi connectivity index (χ1) is 13.1. The maximum Gasteiger partial charge on any atom is 0.362 e. The molecule has 0 aromatic carbocycles. The Morgan fingerprint density at radius 1 is 1.46 bits per heavy atom. The lowest BCUT2D eigenvalue weighted by Gasteiger charge is -2.43. The number of hydrogen-bond acceptors (Lipinski definition) is 11. The molecule has 1 aliphatic rings. The minimum Gasteiger partial charge on any atom is -0.398 e. The SMILES string of the molecule is CO/N=C(\C(=O)N[C@H]1C(=O)N(S(=O)(=O)O)[C@H]1CON=C(C)C)c1csc(N)n1. The fourth-order valence-corrected chi connectivity index (χ4v) is 3.68. The monoisotopic (exact) mass is 434 g/mol. The van der Waals surface area contributed by atoms with Gasteiger partial charge in [0, 0.05) is 5.38 Å². The van der Waals surface area contributed by atoms with Crippen LogP contribution < -0.4 is 11.1 Å². The lowest BCUT2D eigenvalue weighted by atomic mass is 9.99. The number of nitrogens with two attached hydrogens (primary N) is 1. The highest BCUT2D eigenvalue weighted by molar-refractivity contribution is 7.84. The van der Waals surface area contributed by atoms with Crippen molar-refractivity contribution < 1.29 is 32.2 Å². The lowest BCUT2D eigenvalue weighted by Crippen LogP contribution is -2.73. The van der Waals surface area contributed by atoms with Crippen molar-refractivity contribution >= 4 is 50.0 Å². The number of carbonyl (C=O) groups excluding carboxylic acids is 2. The molecule has 1 aliphatic heterocycles. The van der Waals surface area contributed by atoms with Crippen molar-refractivity contribution in [2.45, 2.75) is 25.9 Å². The summed E-state index contributed by atoms with van der Waals surface area (Å²) in [5.74, 6) is -1.91. The highest BCUT2D eigenvalue weighted by Gasteiger charge is 2.54. The summed E-state index contributed by atoms with van der Waals surface area (Å²) in [6, 6.07) is -2.52. The number of carbonyl (C=O) groups is 2. The number of aromatic nitrogens is 1. The second kappa shape index (κ2) is 8.49. The van der Waals surface area contributed by atoms with E-state index in [1.807, 2.05) is 0 Å².